The molecule has 162 valence electrons. The molecule has 0 atom stereocenters. The number of anilines is 1. The van der Waals surface area contributed by atoms with Gasteiger partial charge in [-0.2, -0.15) is 0 Å². The summed E-state index contributed by atoms with van der Waals surface area (Å²) in [5, 5.41) is 0. The summed E-state index contributed by atoms with van der Waals surface area (Å²) in [7, 11) is 0. The van der Waals surface area contributed by atoms with Crippen LogP contribution in [-0.4, -0.2) is 37.7 Å². The Labute approximate surface area is 181 Å². The van der Waals surface area contributed by atoms with Crippen LogP contribution in [0.5, 0.6) is 5.75 Å². The first-order valence-electron chi connectivity index (χ1n) is 11.2. The highest BCUT2D eigenvalue weighted by molar-refractivity contribution is 5.54. The largest absolute Gasteiger partial charge is 0.489 e. The van der Waals surface area contributed by atoms with Crippen LogP contribution in [0.25, 0.3) is 0 Å². The maximum Gasteiger partial charge on any atom is 0.224 e. The molecule has 0 N–H and O–H groups in total. The predicted molar refractivity (Wildman–Crippen MR) is 126 cm³/mol. The van der Waals surface area contributed by atoms with Gasteiger partial charge in [-0.15, -0.1) is 0 Å². The molecule has 3 rings (SSSR count). The summed E-state index contributed by atoms with van der Waals surface area (Å²) in [5.41, 5.74) is 5.97. The van der Waals surface area contributed by atoms with Crippen molar-refractivity contribution in [1.29, 1.82) is 0 Å². The molecule has 1 aliphatic rings. The lowest BCUT2D eigenvalue weighted by Crippen LogP contribution is -2.46. The molecular weight excluding hydrogens is 372 g/mol. The molecule has 0 amide bonds. The Balaban J connectivity index is 1.73. The summed E-state index contributed by atoms with van der Waals surface area (Å²) < 4.78 is 5.83. The number of hydrogen-bond donors (Lipinski definition) is 0. The lowest BCUT2D eigenvalue weighted by molar-refractivity contribution is 0.248. The second-order valence-corrected chi connectivity index (χ2v) is 8.75. The second-order valence-electron chi connectivity index (χ2n) is 8.75. The van der Waals surface area contributed by atoms with E-state index in [-0.39, 0.29) is 5.43 Å². The van der Waals surface area contributed by atoms with Crippen molar-refractivity contribution in [2.45, 2.75) is 53.5 Å². The molecule has 0 aliphatic carbocycles. The van der Waals surface area contributed by atoms with Crippen LogP contribution in [0.3, 0.4) is 0 Å². The summed E-state index contributed by atoms with van der Waals surface area (Å²) in [4.78, 5) is 18.0. The van der Waals surface area contributed by atoms with Crippen LogP contribution in [0.15, 0.2) is 41.2 Å². The van der Waals surface area contributed by atoms with E-state index in [1.807, 2.05) is 12.1 Å². The molecular formula is C26H36N2O2. The Bertz CT molecular complexity index is 915. The average molecular weight is 409 g/mol. The van der Waals surface area contributed by atoms with Crippen LogP contribution >= 0.6 is 0 Å². The summed E-state index contributed by atoms with van der Waals surface area (Å²) >= 11 is 0. The Morgan fingerprint density at radius 2 is 1.73 bits per heavy atom. The lowest BCUT2D eigenvalue weighted by atomic mass is 10.1. The highest BCUT2D eigenvalue weighted by Crippen LogP contribution is 2.23. The smallest absolute Gasteiger partial charge is 0.224 e. The molecule has 1 fully saturated rings. The Kier molecular flexibility index (Phi) is 7.54. The van der Waals surface area contributed by atoms with Crippen LogP contribution in [-0.2, 0) is 6.54 Å². The van der Waals surface area contributed by atoms with Gasteiger partial charge in [-0.3, -0.25) is 9.69 Å². The summed E-state index contributed by atoms with van der Waals surface area (Å²) in [6, 6.07) is 12.7. The van der Waals surface area contributed by atoms with Crippen LogP contribution < -0.4 is 15.1 Å². The molecule has 1 heterocycles. The number of nitrogens with zero attached hydrogens (tertiary/aromatic N) is 2. The van der Waals surface area contributed by atoms with Crippen molar-refractivity contribution in [2.24, 2.45) is 0 Å². The number of aryl methyl sites for hydroxylation is 2. The zero-order chi connectivity index (χ0) is 21.7. The minimum atomic E-state index is 0.0344. The van der Waals surface area contributed by atoms with Gasteiger partial charge in [0.25, 0.3) is 0 Å². The van der Waals surface area contributed by atoms with Gasteiger partial charge in [-0.25, -0.2) is 0 Å². The average Bonchev–Trinajstić information content (AvgIpc) is 2.87. The van der Waals surface area contributed by atoms with Gasteiger partial charge in [0, 0.05) is 44.0 Å². The maximum atomic E-state index is 13.1. The molecule has 2 aromatic rings. The van der Waals surface area contributed by atoms with Crippen molar-refractivity contribution in [1.82, 2.24) is 4.90 Å². The fourth-order valence-corrected chi connectivity index (χ4v) is 4.05. The van der Waals surface area contributed by atoms with E-state index < -0.39 is 0 Å². The summed E-state index contributed by atoms with van der Waals surface area (Å²) in [5.74, 6) is 0.851. The Hall–Kier alpha value is -2.33. The molecule has 30 heavy (non-hydrogen) atoms. The van der Waals surface area contributed by atoms with E-state index in [4.69, 9.17) is 4.74 Å². The van der Waals surface area contributed by atoms with E-state index >= 15 is 0 Å². The molecule has 0 radical (unpaired) electrons. The predicted octanol–water partition coefficient (Wildman–Crippen LogP) is 4.90. The first-order chi connectivity index (χ1) is 14.4. The van der Waals surface area contributed by atoms with Gasteiger partial charge in [0.05, 0.1) is 6.61 Å². The first kappa shape index (κ1) is 22.4. The quantitative estimate of drug-likeness (QED) is 0.652. The van der Waals surface area contributed by atoms with Gasteiger partial charge in [0.1, 0.15) is 0 Å². The topological polar surface area (TPSA) is 32.8 Å². The molecule has 4 heteroatoms. The van der Waals surface area contributed by atoms with Crippen molar-refractivity contribution in [3.8, 4) is 5.75 Å². The molecule has 0 bridgehead atoms. The fourth-order valence-electron chi connectivity index (χ4n) is 4.05. The number of rotatable bonds is 7. The van der Waals surface area contributed by atoms with E-state index in [0.29, 0.717) is 24.8 Å². The van der Waals surface area contributed by atoms with Gasteiger partial charge >= 0.3 is 0 Å². The second kappa shape index (κ2) is 10.1. The normalized spacial score (nSPS) is 14.9. The van der Waals surface area contributed by atoms with Crippen LogP contribution in [0.1, 0.15) is 55.4 Å². The molecule has 0 aromatic heterocycles. The van der Waals surface area contributed by atoms with Gasteiger partial charge in [-0.05, 0) is 49.4 Å². The fraction of sp³-hybridized carbons (Fsp3) is 0.500. The minimum Gasteiger partial charge on any atom is -0.489 e. The number of ether oxygens (including phenoxy) is 1. The molecule has 1 saturated heterocycles. The van der Waals surface area contributed by atoms with E-state index in [9.17, 15) is 4.79 Å². The molecule has 2 aromatic carbocycles. The zero-order valence-corrected chi connectivity index (χ0v) is 19.2. The third-order valence-electron chi connectivity index (χ3n) is 5.88. The standard InChI is InChI=1S/C26H36N2O2/c1-6-15-30-25-17-22(19(2)3)8-9-23(26(25)29)18-27-11-13-28(14-12-27)24-10-7-20(4)16-21(24)5/h7-10,16-17,19H,6,11-15,18H2,1-5H3. The van der Waals surface area contributed by atoms with Gasteiger partial charge in [-0.1, -0.05) is 50.6 Å². The van der Waals surface area contributed by atoms with Gasteiger partial charge in [0.15, 0.2) is 5.75 Å². The van der Waals surface area contributed by atoms with E-state index in [0.717, 1.165) is 43.7 Å². The lowest BCUT2D eigenvalue weighted by Gasteiger charge is -2.36. The van der Waals surface area contributed by atoms with E-state index in [1.165, 1.54) is 16.8 Å². The summed E-state index contributed by atoms with van der Waals surface area (Å²) in [6.07, 6.45) is 0.894. The van der Waals surface area contributed by atoms with Crippen molar-refractivity contribution >= 4 is 5.69 Å². The minimum absolute atomic E-state index is 0.0344. The molecule has 4 nitrogen and oxygen atoms in total. The van der Waals surface area contributed by atoms with E-state index in [1.54, 1.807) is 0 Å². The van der Waals surface area contributed by atoms with Crippen molar-refractivity contribution in [3.05, 3.63) is 68.9 Å². The van der Waals surface area contributed by atoms with Crippen LogP contribution in [0.2, 0.25) is 0 Å². The summed E-state index contributed by atoms with van der Waals surface area (Å²) in [6.45, 7) is 15.8. The zero-order valence-electron chi connectivity index (χ0n) is 19.2. The molecule has 0 unspecified atom stereocenters. The van der Waals surface area contributed by atoms with Crippen LogP contribution in [0.4, 0.5) is 5.69 Å². The van der Waals surface area contributed by atoms with Gasteiger partial charge < -0.3 is 9.64 Å². The Morgan fingerprint density at radius 1 is 1.00 bits per heavy atom. The highest BCUT2D eigenvalue weighted by atomic mass is 16.5. The molecule has 1 aliphatic heterocycles. The maximum absolute atomic E-state index is 13.1. The van der Waals surface area contributed by atoms with Crippen molar-refractivity contribution in [2.75, 3.05) is 37.7 Å². The first-order valence-corrected chi connectivity index (χ1v) is 11.2. The third kappa shape index (κ3) is 5.42. The van der Waals surface area contributed by atoms with E-state index in [2.05, 4.69) is 68.7 Å². The van der Waals surface area contributed by atoms with Gasteiger partial charge in [0.2, 0.25) is 5.43 Å². The SMILES string of the molecule is CCCOc1cc(C(C)C)ccc(CN2CCN(c3ccc(C)cc3C)CC2)c1=O. The van der Waals surface area contributed by atoms with Crippen LogP contribution in [0, 0.1) is 13.8 Å². The highest BCUT2D eigenvalue weighted by Gasteiger charge is 2.20. The number of hydrogen-bond acceptors (Lipinski definition) is 4. The monoisotopic (exact) mass is 408 g/mol. The number of piperazine rings is 1. The third-order valence-corrected chi connectivity index (χ3v) is 5.88. The number of benzene rings is 1. The molecule has 0 saturated carbocycles. The van der Waals surface area contributed by atoms with Crippen molar-refractivity contribution < 1.29 is 4.74 Å². The molecule has 0 spiro atoms. The van der Waals surface area contributed by atoms with Crippen molar-refractivity contribution in [3.63, 3.8) is 0 Å². The Morgan fingerprint density at radius 3 is 2.37 bits per heavy atom.